The smallest absolute Gasteiger partial charge is 0.408 e. The van der Waals surface area contributed by atoms with E-state index in [1.807, 2.05) is 30.3 Å². The minimum absolute atomic E-state index is 0.185. The number of piperidine rings is 1. The SMILES string of the molecule is CC(C)(C)OC(=O)NC1(CO)CCN(C(=O)Nc2ccccc2)CC1. The topological polar surface area (TPSA) is 90.9 Å². The largest absolute Gasteiger partial charge is 0.444 e. The van der Waals surface area contributed by atoms with Crippen LogP contribution in [0.25, 0.3) is 0 Å². The molecule has 1 aromatic carbocycles. The molecular formula is C18H27N3O4. The number of benzene rings is 1. The lowest BCUT2D eigenvalue weighted by atomic mass is 9.88. The summed E-state index contributed by atoms with van der Waals surface area (Å²) in [7, 11) is 0. The number of carbonyl (C=O) groups excluding carboxylic acids is 2. The molecule has 3 N–H and O–H groups in total. The Morgan fingerprint density at radius 3 is 2.32 bits per heavy atom. The molecule has 1 aromatic rings. The van der Waals surface area contributed by atoms with Crippen LogP contribution in [0.3, 0.4) is 0 Å². The van der Waals surface area contributed by atoms with Crippen LogP contribution in [0.5, 0.6) is 0 Å². The first kappa shape index (κ1) is 19.1. The number of para-hydroxylation sites is 1. The molecule has 7 heteroatoms. The molecule has 0 spiro atoms. The molecule has 138 valence electrons. The maximum absolute atomic E-state index is 12.3. The van der Waals surface area contributed by atoms with E-state index in [2.05, 4.69) is 10.6 Å². The molecule has 0 atom stereocenters. The van der Waals surface area contributed by atoms with Crippen molar-refractivity contribution in [2.24, 2.45) is 0 Å². The highest BCUT2D eigenvalue weighted by atomic mass is 16.6. The minimum atomic E-state index is -0.758. The van der Waals surface area contributed by atoms with E-state index >= 15 is 0 Å². The van der Waals surface area contributed by atoms with Crippen LogP contribution in [0.4, 0.5) is 15.3 Å². The normalized spacial score (nSPS) is 16.9. The highest BCUT2D eigenvalue weighted by molar-refractivity contribution is 5.89. The van der Waals surface area contributed by atoms with Gasteiger partial charge in [-0.2, -0.15) is 0 Å². The molecule has 1 saturated heterocycles. The number of nitrogens with one attached hydrogen (secondary N) is 2. The van der Waals surface area contributed by atoms with Crippen molar-refractivity contribution >= 4 is 17.8 Å². The third kappa shape index (κ3) is 5.63. The monoisotopic (exact) mass is 349 g/mol. The molecule has 25 heavy (non-hydrogen) atoms. The summed E-state index contributed by atoms with van der Waals surface area (Å²) in [6, 6.07) is 9.05. The van der Waals surface area contributed by atoms with E-state index in [9.17, 15) is 14.7 Å². The van der Waals surface area contributed by atoms with Crippen LogP contribution in [0.1, 0.15) is 33.6 Å². The number of amides is 3. The highest BCUT2D eigenvalue weighted by Crippen LogP contribution is 2.23. The minimum Gasteiger partial charge on any atom is -0.444 e. The molecule has 3 amide bonds. The van der Waals surface area contributed by atoms with Crippen LogP contribution >= 0.6 is 0 Å². The van der Waals surface area contributed by atoms with E-state index in [1.54, 1.807) is 25.7 Å². The summed E-state index contributed by atoms with van der Waals surface area (Å²) in [5, 5.41) is 15.4. The van der Waals surface area contributed by atoms with Crippen LogP contribution in [-0.2, 0) is 4.74 Å². The average Bonchev–Trinajstić information content (AvgIpc) is 2.54. The molecular weight excluding hydrogens is 322 g/mol. The fourth-order valence-electron chi connectivity index (χ4n) is 2.70. The second kappa shape index (κ2) is 7.74. The van der Waals surface area contributed by atoms with E-state index in [0.717, 1.165) is 5.69 Å². The summed E-state index contributed by atoms with van der Waals surface area (Å²) >= 11 is 0. The maximum atomic E-state index is 12.3. The Labute approximate surface area is 148 Å². The van der Waals surface area contributed by atoms with Crippen LogP contribution in [0.2, 0.25) is 0 Å². The summed E-state index contributed by atoms with van der Waals surface area (Å²) in [4.78, 5) is 26.0. The number of nitrogens with zero attached hydrogens (tertiary/aromatic N) is 1. The number of urea groups is 1. The van der Waals surface area contributed by atoms with Gasteiger partial charge in [-0.15, -0.1) is 0 Å². The Morgan fingerprint density at radius 2 is 1.80 bits per heavy atom. The summed E-state index contributed by atoms with van der Waals surface area (Å²) in [5.41, 5.74) is -0.624. The molecule has 0 aliphatic carbocycles. The van der Waals surface area contributed by atoms with Gasteiger partial charge in [-0.3, -0.25) is 0 Å². The quantitative estimate of drug-likeness (QED) is 0.782. The first-order chi connectivity index (χ1) is 11.7. The van der Waals surface area contributed by atoms with Gasteiger partial charge in [0.2, 0.25) is 0 Å². The lowest BCUT2D eigenvalue weighted by Crippen LogP contribution is -2.59. The zero-order valence-corrected chi connectivity index (χ0v) is 15.0. The number of hydrogen-bond donors (Lipinski definition) is 3. The molecule has 0 saturated carbocycles. The first-order valence-electron chi connectivity index (χ1n) is 8.46. The second-order valence-corrected chi connectivity index (χ2v) is 7.35. The molecule has 1 fully saturated rings. The number of likely N-dealkylation sites (tertiary alicyclic amines) is 1. The molecule has 1 aliphatic heterocycles. The number of rotatable bonds is 3. The number of alkyl carbamates (subject to hydrolysis) is 1. The number of ether oxygens (including phenoxy) is 1. The van der Waals surface area contributed by atoms with Gasteiger partial charge in [0.05, 0.1) is 12.1 Å². The number of hydrogen-bond acceptors (Lipinski definition) is 4. The summed E-state index contributed by atoms with van der Waals surface area (Å²) in [6.07, 6.45) is 0.374. The Kier molecular flexibility index (Phi) is 5.89. The standard InChI is InChI=1S/C18H27N3O4/c1-17(2,3)25-16(24)20-18(13-22)9-11-21(12-10-18)15(23)19-14-7-5-4-6-8-14/h4-8,22H,9-13H2,1-3H3,(H,19,23)(H,20,24). The van der Waals surface area contributed by atoms with Gasteiger partial charge in [0.1, 0.15) is 5.60 Å². The zero-order valence-electron chi connectivity index (χ0n) is 15.0. The number of aliphatic hydroxyl groups is 1. The Balaban J connectivity index is 1.89. The Morgan fingerprint density at radius 1 is 1.20 bits per heavy atom. The third-order valence-corrected chi connectivity index (χ3v) is 4.10. The molecule has 1 heterocycles. The van der Waals surface area contributed by atoms with Gasteiger partial charge < -0.3 is 25.4 Å². The van der Waals surface area contributed by atoms with E-state index in [0.29, 0.717) is 25.9 Å². The molecule has 1 aliphatic rings. The van der Waals surface area contributed by atoms with Gasteiger partial charge in [-0.25, -0.2) is 9.59 Å². The van der Waals surface area contributed by atoms with Crippen molar-refractivity contribution in [2.45, 2.75) is 44.8 Å². The van der Waals surface area contributed by atoms with Crippen LogP contribution in [-0.4, -0.2) is 53.0 Å². The van der Waals surface area contributed by atoms with Gasteiger partial charge in [0, 0.05) is 18.8 Å². The average molecular weight is 349 g/mol. The van der Waals surface area contributed by atoms with Crippen molar-refractivity contribution in [1.82, 2.24) is 10.2 Å². The maximum Gasteiger partial charge on any atom is 0.408 e. The lowest BCUT2D eigenvalue weighted by Gasteiger charge is -2.41. The number of aliphatic hydroxyl groups excluding tert-OH is 1. The van der Waals surface area contributed by atoms with Gasteiger partial charge in [0.25, 0.3) is 0 Å². The molecule has 2 rings (SSSR count). The molecule has 0 bridgehead atoms. The number of anilines is 1. The van der Waals surface area contributed by atoms with Gasteiger partial charge in [-0.1, -0.05) is 18.2 Å². The third-order valence-electron chi connectivity index (χ3n) is 4.10. The number of carbonyl (C=O) groups is 2. The Hall–Kier alpha value is -2.28. The fraction of sp³-hybridized carbons (Fsp3) is 0.556. The second-order valence-electron chi connectivity index (χ2n) is 7.35. The first-order valence-corrected chi connectivity index (χ1v) is 8.46. The van der Waals surface area contributed by atoms with Crippen LogP contribution < -0.4 is 10.6 Å². The van der Waals surface area contributed by atoms with E-state index in [4.69, 9.17) is 4.74 Å². The van der Waals surface area contributed by atoms with Crippen molar-refractivity contribution in [3.05, 3.63) is 30.3 Å². The zero-order chi connectivity index (χ0) is 18.5. The van der Waals surface area contributed by atoms with Gasteiger partial charge in [0.15, 0.2) is 0 Å². The summed E-state index contributed by atoms with van der Waals surface area (Å²) in [5.74, 6) is 0. The van der Waals surface area contributed by atoms with E-state index in [-0.39, 0.29) is 12.6 Å². The van der Waals surface area contributed by atoms with Crippen molar-refractivity contribution in [3.63, 3.8) is 0 Å². The van der Waals surface area contributed by atoms with Crippen molar-refractivity contribution in [3.8, 4) is 0 Å². The van der Waals surface area contributed by atoms with E-state index in [1.165, 1.54) is 0 Å². The molecule has 0 radical (unpaired) electrons. The van der Waals surface area contributed by atoms with E-state index < -0.39 is 17.2 Å². The lowest BCUT2D eigenvalue weighted by molar-refractivity contribution is 0.0307. The summed E-state index contributed by atoms with van der Waals surface area (Å²) < 4.78 is 5.27. The van der Waals surface area contributed by atoms with Crippen LogP contribution in [0.15, 0.2) is 30.3 Å². The fourth-order valence-corrected chi connectivity index (χ4v) is 2.70. The molecule has 0 unspecified atom stereocenters. The van der Waals surface area contributed by atoms with Crippen molar-refractivity contribution in [2.75, 3.05) is 25.0 Å². The van der Waals surface area contributed by atoms with Gasteiger partial charge >= 0.3 is 12.1 Å². The molecule has 7 nitrogen and oxygen atoms in total. The van der Waals surface area contributed by atoms with Gasteiger partial charge in [-0.05, 0) is 45.7 Å². The summed E-state index contributed by atoms with van der Waals surface area (Å²) in [6.45, 7) is 6.04. The van der Waals surface area contributed by atoms with Crippen molar-refractivity contribution < 1.29 is 19.4 Å². The van der Waals surface area contributed by atoms with Crippen LogP contribution in [0, 0.1) is 0 Å². The molecule has 0 aromatic heterocycles. The Bertz CT molecular complexity index is 590. The predicted molar refractivity (Wildman–Crippen MR) is 95.5 cm³/mol. The van der Waals surface area contributed by atoms with Crippen molar-refractivity contribution in [1.29, 1.82) is 0 Å². The predicted octanol–water partition coefficient (Wildman–Crippen LogP) is 2.57. The highest BCUT2D eigenvalue weighted by Gasteiger charge is 2.38.